The number of carbonyl (C=O) groups is 3. The van der Waals surface area contributed by atoms with Crippen molar-refractivity contribution < 1.29 is 23.5 Å². The standard InChI is InChI=1S/C19H16BNO5S/c1-3-25-17(22)10-21-18(23)16(27-19(21)24)9-12-5-7-15(26-12)13-6-4-11(2)8-14(13)20/h4-9H,3,10H2,1-2H3/b16-9-. The summed E-state index contributed by atoms with van der Waals surface area (Å²) in [5.74, 6) is -0.210. The number of hydrogen-bond acceptors (Lipinski definition) is 6. The van der Waals surface area contributed by atoms with Crippen molar-refractivity contribution in [3.8, 4) is 11.3 Å². The molecule has 1 fully saturated rings. The minimum Gasteiger partial charge on any atom is -0.465 e. The number of amides is 2. The number of rotatable bonds is 5. The van der Waals surface area contributed by atoms with E-state index < -0.39 is 23.7 Å². The number of furan rings is 1. The maximum atomic E-state index is 12.4. The molecule has 0 N–H and O–H groups in total. The minimum absolute atomic E-state index is 0.182. The second kappa shape index (κ2) is 7.88. The van der Waals surface area contributed by atoms with Crippen molar-refractivity contribution in [2.75, 3.05) is 13.2 Å². The fraction of sp³-hybridized carbons (Fsp3) is 0.211. The fourth-order valence-corrected chi connectivity index (χ4v) is 3.40. The van der Waals surface area contributed by atoms with E-state index >= 15 is 0 Å². The molecule has 1 aliphatic rings. The van der Waals surface area contributed by atoms with Gasteiger partial charge in [0.2, 0.25) is 0 Å². The van der Waals surface area contributed by atoms with Crippen LogP contribution in [0.1, 0.15) is 18.2 Å². The van der Waals surface area contributed by atoms with Gasteiger partial charge in [0.25, 0.3) is 11.1 Å². The number of thioether (sulfide) groups is 1. The third kappa shape index (κ3) is 4.16. The average molecular weight is 381 g/mol. The molecule has 1 aromatic heterocycles. The molecule has 2 aromatic rings. The summed E-state index contributed by atoms with van der Waals surface area (Å²) in [6, 6.07) is 9.07. The number of aryl methyl sites for hydroxylation is 1. The molecule has 3 rings (SSSR count). The zero-order chi connectivity index (χ0) is 19.6. The van der Waals surface area contributed by atoms with Gasteiger partial charge >= 0.3 is 5.97 Å². The first-order valence-electron chi connectivity index (χ1n) is 8.26. The van der Waals surface area contributed by atoms with Crippen molar-refractivity contribution in [3.63, 3.8) is 0 Å². The first kappa shape index (κ1) is 19.0. The number of carbonyl (C=O) groups excluding carboxylic acids is 3. The Balaban J connectivity index is 1.79. The molecule has 2 amide bonds. The van der Waals surface area contributed by atoms with Gasteiger partial charge in [0.15, 0.2) is 0 Å². The highest BCUT2D eigenvalue weighted by molar-refractivity contribution is 8.18. The highest BCUT2D eigenvalue weighted by atomic mass is 32.2. The van der Waals surface area contributed by atoms with Gasteiger partial charge in [-0.15, -0.1) is 0 Å². The lowest BCUT2D eigenvalue weighted by Gasteiger charge is -2.10. The summed E-state index contributed by atoms with van der Waals surface area (Å²) in [5.41, 5.74) is 2.37. The summed E-state index contributed by atoms with van der Waals surface area (Å²) in [7, 11) is 6.03. The molecule has 0 saturated carbocycles. The van der Waals surface area contributed by atoms with Gasteiger partial charge < -0.3 is 9.15 Å². The Kier molecular flexibility index (Phi) is 5.55. The number of esters is 1. The maximum absolute atomic E-state index is 12.4. The smallest absolute Gasteiger partial charge is 0.326 e. The summed E-state index contributed by atoms with van der Waals surface area (Å²) >= 11 is 0.753. The molecule has 27 heavy (non-hydrogen) atoms. The van der Waals surface area contributed by atoms with Crippen molar-refractivity contribution in [3.05, 3.63) is 46.6 Å². The number of imide groups is 1. The van der Waals surface area contributed by atoms with Gasteiger partial charge in [0.05, 0.1) is 11.5 Å². The SMILES string of the molecule is [B]c1cc(C)ccc1-c1ccc(/C=C2\SC(=O)N(CC(=O)OCC)C2=O)o1. The van der Waals surface area contributed by atoms with Gasteiger partial charge in [-0.2, -0.15) is 0 Å². The molecule has 0 aliphatic carbocycles. The number of ether oxygens (including phenoxy) is 1. The van der Waals surface area contributed by atoms with Gasteiger partial charge in [-0.3, -0.25) is 19.3 Å². The lowest BCUT2D eigenvalue weighted by atomic mass is 9.88. The number of hydrogen-bond donors (Lipinski definition) is 0. The van der Waals surface area contributed by atoms with Gasteiger partial charge in [0.1, 0.15) is 25.9 Å². The van der Waals surface area contributed by atoms with E-state index in [1.165, 1.54) is 6.08 Å². The summed E-state index contributed by atoms with van der Waals surface area (Å²) < 4.78 is 10.5. The fourth-order valence-electron chi connectivity index (χ4n) is 2.58. The number of benzene rings is 1. The molecule has 0 unspecified atom stereocenters. The van der Waals surface area contributed by atoms with Crippen LogP contribution in [0.3, 0.4) is 0 Å². The molecule has 1 saturated heterocycles. The highest BCUT2D eigenvalue weighted by Gasteiger charge is 2.36. The molecule has 0 atom stereocenters. The molecule has 2 heterocycles. The van der Waals surface area contributed by atoms with E-state index in [0.717, 1.165) is 27.8 Å². The zero-order valence-electron chi connectivity index (χ0n) is 14.9. The molecule has 8 heteroatoms. The molecule has 2 radical (unpaired) electrons. The third-order valence-electron chi connectivity index (χ3n) is 3.84. The molecule has 1 aliphatic heterocycles. The molecule has 0 spiro atoms. The van der Waals surface area contributed by atoms with Crippen LogP contribution in [0.5, 0.6) is 0 Å². The maximum Gasteiger partial charge on any atom is 0.326 e. The molecular weight excluding hydrogens is 365 g/mol. The molecular formula is C19H16BNO5S. The van der Waals surface area contributed by atoms with E-state index in [4.69, 9.17) is 17.0 Å². The Hall–Kier alpha value is -2.74. The van der Waals surface area contributed by atoms with Crippen molar-refractivity contribution in [2.24, 2.45) is 0 Å². The highest BCUT2D eigenvalue weighted by Crippen LogP contribution is 2.33. The second-order valence-corrected chi connectivity index (χ2v) is 6.86. The summed E-state index contributed by atoms with van der Waals surface area (Å²) in [6.45, 7) is 3.38. The van der Waals surface area contributed by atoms with Crippen LogP contribution >= 0.6 is 11.8 Å². The first-order chi connectivity index (χ1) is 12.9. The molecule has 1 aromatic carbocycles. The van der Waals surface area contributed by atoms with E-state index in [9.17, 15) is 14.4 Å². The Morgan fingerprint density at radius 1 is 1.30 bits per heavy atom. The van der Waals surface area contributed by atoms with Gasteiger partial charge in [0, 0.05) is 11.6 Å². The predicted molar refractivity (Wildman–Crippen MR) is 104 cm³/mol. The third-order valence-corrected chi connectivity index (χ3v) is 4.75. The van der Waals surface area contributed by atoms with Crippen LogP contribution in [0.4, 0.5) is 4.79 Å². The first-order valence-corrected chi connectivity index (χ1v) is 9.08. The van der Waals surface area contributed by atoms with Gasteiger partial charge in [-0.25, -0.2) is 0 Å². The van der Waals surface area contributed by atoms with Crippen LogP contribution in [0.2, 0.25) is 0 Å². The Bertz CT molecular complexity index is 949. The second-order valence-electron chi connectivity index (χ2n) is 5.87. The van der Waals surface area contributed by atoms with Crippen LogP contribution in [0, 0.1) is 6.92 Å². The topological polar surface area (TPSA) is 76.8 Å². The molecule has 6 nitrogen and oxygen atoms in total. The van der Waals surface area contributed by atoms with Gasteiger partial charge in [-0.05, 0) is 37.7 Å². The van der Waals surface area contributed by atoms with Crippen molar-refractivity contribution in [1.29, 1.82) is 0 Å². The van der Waals surface area contributed by atoms with Crippen molar-refractivity contribution >= 4 is 48.3 Å². The lowest BCUT2D eigenvalue weighted by molar-refractivity contribution is -0.145. The van der Waals surface area contributed by atoms with Crippen molar-refractivity contribution in [2.45, 2.75) is 13.8 Å². The van der Waals surface area contributed by atoms with E-state index in [0.29, 0.717) is 17.0 Å². The monoisotopic (exact) mass is 381 g/mol. The van der Waals surface area contributed by atoms with Crippen LogP contribution in [-0.2, 0) is 14.3 Å². The Labute approximate surface area is 162 Å². The quantitative estimate of drug-likeness (QED) is 0.450. The predicted octanol–water partition coefficient (Wildman–Crippen LogP) is 2.65. The summed E-state index contributed by atoms with van der Waals surface area (Å²) in [4.78, 5) is 37.0. The normalized spacial score (nSPS) is 15.6. The minimum atomic E-state index is -0.629. The lowest BCUT2D eigenvalue weighted by Crippen LogP contribution is -2.34. The Morgan fingerprint density at radius 3 is 2.78 bits per heavy atom. The Morgan fingerprint density at radius 2 is 2.07 bits per heavy atom. The molecule has 0 bridgehead atoms. The van der Waals surface area contributed by atoms with Crippen LogP contribution in [0.15, 0.2) is 39.7 Å². The van der Waals surface area contributed by atoms with E-state index in [-0.39, 0.29) is 11.5 Å². The zero-order valence-corrected chi connectivity index (χ0v) is 15.7. The van der Waals surface area contributed by atoms with Crippen LogP contribution < -0.4 is 5.46 Å². The van der Waals surface area contributed by atoms with E-state index in [2.05, 4.69) is 0 Å². The summed E-state index contributed by atoms with van der Waals surface area (Å²) in [6.07, 6.45) is 1.48. The van der Waals surface area contributed by atoms with Crippen LogP contribution in [-0.4, -0.2) is 43.0 Å². The number of nitrogens with zero attached hydrogens (tertiary/aromatic N) is 1. The average Bonchev–Trinajstić information content (AvgIpc) is 3.16. The largest absolute Gasteiger partial charge is 0.465 e. The van der Waals surface area contributed by atoms with E-state index in [1.54, 1.807) is 19.1 Å². The van der Waals surface area contributed by atoms with E-state index in [1.807, 2.05) is 25.1 Å². The van der Waals surface area contributed by atoms with Gasteiger partial charge in [-0.1, -0.05) is 29.2 Å². The van der Waals surface area contributed by atoms with Crippen LogP contribution in [0.25, 0.3) is 17.4 Å². The summed E-state index contributed by atoms with van der Waals surface area (Å²) in [5, 5.41) is -0.520. The molecule has 136 valence electrons. The van der Waals surface area contributed by atoms with Crippen molar-refractivity contribution in [1.82, 2.24) is 4.90 Å².